The van der Waals surface area contributed by atoms with Gasteiger partial charge in [-0.3, -0.25) is 0 Å². The van der Waals surface area contributed by atoms with E-state index in [0.29, 0.717) is 0 Å². The summed E-state index contributed by atoms with van der Waals surface area (Å²) in [6.45, 7) is 0. The van der Waals surface area contributed by atoms with Crippen molar-refractivity contribution in [3.63, 3.8) is 0 Å². The van der Waals surface area contributed by atoms with Crippen molar-refractivity contribution in [1.29, 1.82) is 0 Å². The van der Waals surface area contributed by atoms with Gasteiger partial charge in [0.15, 0.2) is 5.82 Å². The predicted octanol–water partition coefficient (Wildman–Crippen LogP) is 9.37. The van der Waals surface area contributed by atoms with Crippen molar-refractivity contribution in [2.75, 3.05) is 0 Å². The highest BCUT2D eigenvalue weighted by Crippen LogP contribution is 2.39. The summed E-state index contributed by atoms with van der Waals surface area (Å²) in [7, 11) is 0. The van der Waals surface area contributed by atoms with E-state index in [1.54, 1.807) is 0 Å². The predicted molar refractivity (Wildman–Crippen MR) is 163 cm³/mol. The fraction of sp³-hybridized carbons (Fsp3) is 0.0270. The Labute approximate surface area is 226 Å². The first kappa shape index (κ1) is 22.0. The Hall–Kier alpha value is -5.08. The van der Waals surface area contributed by atoms with E-state index in [2.05, 4.69) is 125 Å². The maximum Gasteiger partial charge on any atom is 0.155 e. The lowest BCUT2D eigenvalue weighted by Gasteiger charge is -2.14. The lowest BCUT2D eigenvalue weighted by Crippen LogP contribution is -1.92. The van der Waals surface area contributed by atoms with Gasteiger partial charge in [-0.25, -0.2) is 9.97 Å². The van der Waals surface area contributed by atoms with E-state index in [0.717, 1.165) is 12.2 Å². The minimum absolute atomic E-state index is 0.813. The third kappa shape index (κ3) is 3.65. The Morgan fingerprint density at radius 1 is 0.487 bits per heavy atom. The van der Waals surface area contributed by atoms with E-state index in [-0.39, 0.29) is 0 Å². The van der Waals surface area contributed by atoms with Crippen molar-refractivity contribution in [2.24, 2.45) is 0 Å². The third-order valence-electron chi connectivity index (χ3n) is 8.00. The van der Waals surface area contributed by atoms with Gasteiger partial charge in [0.1, 0.15) is 0 Å². The van der Waals surface area contributed by atoms with E-state index in [9.17, 15) is 0 Å². The molecule has 182 valence electrons. The molecule has 1 heterocycles. The fourth-order valence-electron chi connectivity index (χ4n) is 6.08. The Morgan fingerprint density at radius 2 is 1.10 bits per heavy atom. The van der Waals surface area contributed by atoms with Gasteiger partial charge in [-0.2, -0.15) is 0 Å². The largest absolute Gasteiger partial charge is 0.237 e. The number of benzene rings is 6. The summed E-state index contributed by atoms with van der Waals surface area (Å²) >= 11 is 0. The fourth-order valence-corrected chi connectivity index (χ4v) is 6.08. The van der Waals surface area contributed by atoms with Crippen LogP contribution in [-0.2, 0) is 6.42 Å². The molecule has 0 fully saturated rings. The lowest BCUT2D eigenvalue weighted by molar-refractivity contribution is 1.10. The molecule has 0 bridgehead atoms. The highest BCUT2D eigenvalue weighted by Gasteiger charge is 2.18. The van der Waals surface area contributed by atoms with E-state index in [4.69, 9.17) is 0 Å². The van der Waals surface area contributed by atoms with Crippen LogP contribution in [0.2, 0.25) is 0 Å². The zero-order valence-electron chi connectivity index (χ0n) is 21.3. The standard InChI is InChI=1S/C37H24N2/c1-2-7-31-24(6-1)10-11-25-12-14-28(23-36(25)31)33-17-16-32(34-8-3-4-9-35(33)34)27-15-13-26-20-30(22-29(26)21-27)37-38-18-5-19-39-37/h1-19,21-23H,20H2. The zero-order chi connectivity index (χ0) is 25.8. The monoisotopic (exact) mass is 496 g/mol. The van der Waals surface area contributed by atoms with Crippen LogP contribution in [0, 0.1) is 0 Å². The van der Waals surface area contributed by atoms with Gasteiger partial charge < -0.3 is 0 Å². The summed E-state index contributed by atoms with van der Waals surface area (Å²) in [5.41, 5.74) is 8.73. The maximum atomic E-state index is 4.46. The van der Waals surface area contributed by atoms with Gasteiger partial charge >= 0.3 is 0 Å². The molecule has 2 nitrogen and oxygen atoms in total. The summed E-state index contributed by atoms with van der Waals surface area (Å²) in [6.07, 6.45) is 6.73. The highest BCUT2D eigenvalue weighted by molar-refractivity contribution is 6.11. The molecule has 2 heteroatoms. The summed E-state index contributed by atoms with van der Waals surface area (Å²) in [6, 6.07) is 42.0. The van der Waals surface area contributed by atoms with Gasteiger partial charge in [-0.1, -0.05) is 97.1 Å². The van der Waals surface area contributed by atoms with Crippen molar-refractivity contribution in [3.05, 3.63) is 145 Å². The number of hydrogen-bond acceptors (Lipinski definition) is 2. The van der Waals surface area contributed by atoms with Gasteiger partial charge in [-0.15, -0.1) is 0 Å². The quantitative estimate of drug-likeness (QED) is 0.228. The average molecular weight is 497 g/mol. The van der Waals surface area contributed by atoms with Gasteiger partial charge in [0.2, 0.25) is 0 Å². The Morgan fingerprint density at radius 3 is 1.87 bits per heavy atom. The Balaban J connectivity index is 1.26. The Kier molecular flexibility index (Phi) is 4.92. The molecule has 0 aliphatic heterocycles. The van der Waals surface area contributed by atoms with Gasteiger partial charge in [0.05, 0.1) is 0 Å². The number of fused-ring (bicyclic) bond motifs is 5. The second kappa shape index (κ2) is 8.75. The molecule has 0 unspecified atom stereocenters. The zero-order valence-corrected chi connectivity index (χ0v) is 21.3. The van der Waals surface area contributed by atoms with Crippen LogP contribution in [0.1, 0.15) is 17.0 Å². The summed E-state index contributed by atoms with van der Waals surface area (Å²) in [4.78, 5) is 8.92. The van der Waals surface area contributed by atoms with Crippen LogP contribution in [0.3, 0.4) is 0 Å². The molecular weight excluding hydrogens is 472 g/mol. The normalized spacial score (nSPS) is 12.7. The van der Waals surface area contributed by atoms with Gasteiger partial charge in [-0.05, 0) is 90.0 Å². The number of nitrogens with zero attached hydrogens (tertiary/aromatic N) is 2. The average Bonchev–Trinajstić information content (AvgIpc) is 3.44. The van der Waals surface area contributed by atoms with E-state index in [1.165, 1.54) is 71.3 Å². The molecule has 0 amide bonds. The number of hydrogen-bond donors (Lipinski definition) is 0. The molecule has 1 aromatic heterocycles. The van der Waals surface area contributed by atoms with Crippen molar-refractivity contribution in [2.45, 2.75) is 6.42 Å². The number of allylic oxidation sites excluding steroid dienone is 1. The molecule has 0 atom stereocenters. The second-order valence-electron chi connectivity index (χ2n) is 10.3. The van der Waals surface area contributed by atoms with Crippen molar-refractivity contribution >= 4 is 44.0 Å². The van der Waals surface area contributed by atoms with E-state index < -0.39 is 0 Å². The topological polar surface area (TPSA) is 25.8 Å². The van der Waals surface area contributed by atoms with Gasteiger partial charge in [0.25, 0.3) is 0 Å². The number of rotatable bonds is 3. The third-order valence-corrected chi connectivity index (χ3v) is 8.00. The summed E-state index contributed by atoms with van der Waals surface area (Å²) in [5, 5.41) is 7.66. The van der Waals surface area contributed by atoms with Crippen molar-refractivity contribution in [3.8, 4) is 22.3 Å². The minimum atomic E-state index is 0.813. The molecule has 0 radical (unpaired) electrons. The molecule has 6 aromatic carbocycles. The minimum Gasteiger partial charge on any atom is -0.237 e. The van der Waals surface area contributed by atoms with Crippen LogP contribution in [0.4, 0.5) is 0 Å². The van der Waals surface area contributed by atoms with E-state index >= 15 is 0 Å². The first-order valence-corrected chi connectivity index (χ1v) is 13.4. The Bertz CT molecular complexity index is 2090. The molecule has 0 N–H and O–H groups in total. The van der Waals surface area contributed by atoms with Crippen LogP contribution in [0.15, 0.2) is 128 Å². The van der Waals surface area contributed by atoms with Gasteiger partial charge in [0, 0.05) is 24.4 Å². The van der Waals surface area contributed by atoms with E-state index in [1.807, 2.05) is 18.5 Å². The van der Waals surface area contributed by atoms with Crippen LogP contribution in [-0.4, -0.2) is 9.97 Å². The molecule has 0 saturated carbocycles. The van der Waals surface area contributed by atoms with Crippen LogP contribution < -0.4 is 0 Å². The van der Waals surface area contributed by atoms with Crippen molar-refractivity contribution in [1.82, 2.24) is 9.97 Å². The molecule has 8 rings (SSSR count). The molecule has 0 spiro atoms. The van der Waals surface area contributed by atoms with Crippen molar-refractivity contribution < 1.29 is 0 Å². The molecular formula is C37H24N2. The molecule has 39 heavy (non-hydrogen) atoms. The second-order valence-corrected chi connectivity index (χ2v) is 10.3. The number of aromatic nitrogens is 2. The first-order chi connectivity index (χ1) is 19.3. The SMILES string of the molecule is C1=C(c2ncccn2)Cc2ccc(-c3ccc(-c4ccc5ccc6ccccc6c5c4)c4ccccc34)cc21. The molecule has 7 aromatic rings. The smallest absolute Gasteiger partial charge is 0.155 e. The maximum absolute atomic E-state index is 4.46. The van der Waals surface area contributed by atoms with Crippen LogP contribution in [0.5, 0.6) is 0 Å². The summed E-state index contributed by atoms with van der Waals surface area (Å²) in [5.74, 6) is 0.813. The first-order valence-electron chi connectivity index (χ1n) is 13.4. The van der Waals surface area contributed by atoms with Crippen LogP contribution in [0.25, 0.3) is 66.2 Å². The summed E-state index contributed by atoms with van der Waals surface area (Å²) < 4.78 is 0. The molecule has 0 saturated heterocycles. The molecule has 1 aliphatic carbocycles. The highest BCUT2D eigenvalue weighted by atomic mass is 14.9. The molecule has 1 aliphatic rings. The lowest BCUT2D eigenvalue weighted by atomic mass is 9.90. The van der Waals surface area contributed by atoms with Crippen LogP contribution >= 0.6 is 0 Å².